The number of piperidine rings is 1. The summed E-state index contributed by atoms with van der Waals surface area (Å²) in [5, 5.41) is 0. The summed E-state index contributed by atoms with van der Waals surface area (Å²) in [5.41, 5.74) is 5.64. The summed E-state index contributed by atoms with van der Waals surface area (Å²) in [6.45, 7) is 4.46. The van der Waals surface area contributed by atoms with E-state index in [1.165, 1.54) is 4.31 Å². The minimum atomic E-state index is -3.41. The highest BCUT2D eigenvalue weighted by Crippen LogP contribution is 2.18. The van der Waals surface area contributed by atoms with Gasteiger partial charge in [-0.1, -0.05) is 19.8 Å². The number of hydrogen-bond acceptors (Lipinski definition) is 4. The van der Waals surface area contributed by atoms with Gasteiger partial charge in [0, 0.05) is 32.3 Å². The molecule has 114 valence electrons. The number of nitrogens with zero attached hydrogens (tertiary/aromatic N) is 1. The molecule has 6 nitrogen and oxygen atoms in total. The molecule has 0 aromatic carbocycles. The van der Waals surface area contributed by atoms with Crippen LogP contribution < -0.4 is 10.5 Å². The number of unbranched alkanes of at least 4 members (excludes halogenated alkanes) is 1. The monoisotopic (exact) mass is 293 g/mol. The van der Waals surface area contributed by atoms with E-state index in [9.17, 15) is 8.42 Å². The fourth-order valence-corrected chi connectivity index (χ4v) is 3.66. The third-order valence-electron chi connectivity index (χ3n) is 3.33. The lowest BCUT2D eigenvalue weighted by molar-refractivity contribution is 0.135. The van der Waals surface area contributed by atoms with Crippen LogP contribution in [0.15, 0.2) is 0 Å². The number of nitrogens with one attached hydrogen (secondary N) is 1. The fourth-order valence-electron chi connectivity index (χ4n) is 2.20. The van der Waals surface area contributed by atoms with Crippen LogP contribution in [0.3, 0.4) is 0 Å². The van der Waals surface area contributed by atoms with Gasteiger partial charge in [-0.15, -0.1) is 0 Å². The van der Waals surface area contributed by atoms with Gasteiger partial charge in [-0.05, 0) is 19.3 Å². The summed E-state index contributed by atoms with van der Waals surface area (Å²) < 4.78 is 33.7. The van der Waals surface area contributed by atoms with E-state index < -0.39 is 10.2 Å². The largest absolute Gasteiger partial charge is 0.380 e. The predicted molar refractivity (Wildman–Crippen MR) is 76.0 cm³/mol. The van der Waals surface area contributed by atoms with Crippen LogP contribution in [0.5, 0.6) is 0 Å². The zero-order valence-corrected chi connectivity index (χ0v) is 12.6. The highest BCUT2D eigenvalue weighted by molar-refractivity contribution is 7.87. The lowest BCUT2D eigenvalue weighted by Gasteiger charge is -2.33. The SMILES string of the molecule is CCCCOCCNS(=O)(=O)N1CCCCC1CN. The van der Waals surface area contributed by atoms with Crippen LogP contribution in [0.4, 0.5) is 0 Å². The van der Waals surface area contributed by atoms with Gasteiger partial charge in [0.2, 0.25) is 0 Å². The van der Waals surface area contributed by atoms with Gasteiger partial charge in [-0.3, -0.25) is 0 Å². The molecule has 0 aliphatic carbocycles. The summed E-state index contributed by atoms with van der Waals surface area (Å²) in [6.07, 6.45) is 4.90. The van der Waals surface area contributed by atoms with Crippen molar-refractivity contribution < 1.29 is 13.2 Å². The fraction of sp³-hybridized carbons (Fsp3) is 1.00. The molecule has 0 amide bonds. The van der Waals surface area contributed by atoms with Crippen molar-refractivity contribution in [3.63, 3.8) is 0 Å². The molecular weight excluding hydrogens is 266 g/mol. The van der Waals surface area contributed by atoms with Gasteiger partial charge in [0.15, 0.2) is 0 Å². The third-order valence-corrected chi connectivity index (χ3v) is 4.99. The number of ether oxygens (including phenoxy) is 1. The summed E-state index contributed by atoms with van der Waals surface area (Å²) in [5.74, 6) is 0. The van der Waals surface area contributed by atoms with Crippen molar-refractivity contribution in [3.8, 4) is 0 Å². The average molecular weight is 293 g/mol. The van der Waals surface area contributed by atoms with Crippen molar-refractivity contribution in [2.45, 2.75) is 45.1 Å². The van der Waals surface area contributed by atoms with Crippen LogP contribution in [0.1, 0.15) is 39.0 Å². The maximum atomic E-state index is 12.1. The standard InChI is InChI=1S/C12H27N3O3S/c1-2-3-9-18-10-7-14-19(16,17)15-8-5-4-6-12(15)11-13/h12,14H,2-11,13H2,1H3. The summed E-state index contributed by atoms with van der Waals surface area (Å²) >= 11 is 0. The number of rotatable bonds is 9. The summed E-state index contributed by atoms with van der Waals surface area (Å²) in [7, 11) is -3.41. The first kappa shape index (κ1) is 16.8. The van der Waals surface area contributed by atoms with Crippen LogP contribution in [-0.4, -0.2) is 51.6 Å². The maximum Gasteiger partial charge on any atom is 0.279 e. The van der Waals surface area contributed by atoms with E-state index in [0.717, 1.165) is 32.1 Å². The van der Waals surface area contributed by atoms with Gasteiger partial charge in [-0.2, -0.15) is 17.4 Å². The Kier molecular flexibility index (Phi) is 7.86. The van der Waals surface area contributed by atoms with Crippen LogP contribution >= 0.6 is 0 Å². The number of hydrogen-bond donors (Lipinski definition) is 2. The topological polar surface area (TPSA) is 84.7 Å². The van der Waals surface area contributed by atoms with Crippen molar-refractivity contribution in [2.75, 3.05) is 32.8 Å². The number of nitrogens with two attached hydrogens (primary N) is 1. The molecule has 0 aromatic heterocycles. The quantitative estimate of drug-likeness (QED) is 0.605. The zero-order valence-electron chi connectivity index (χ0n) is 11.8. The van der Waals surface area contributed by atoms with E-state index in [1.54, 1.807) is 0 Å². The molecule has 7 heteroatoms. The molecule has 0 radical (unpaired) electrons. The van der Waals surface area contributed by atoms with Gasteiger partial charge < -0.3 is 10.5 Å². The molecule has 1 fully saturated rings. The normalized spacial score (nSPS) is 21.7. The summed E-state index contributed by atoms with van der Waals surface area (Å²) in [6, 6.07) is -0.0627. The predicted octanol–water partition coefficient (Wildman–Crippen LogP) is 0.451. The maximum absolute atomic E-state index is 12.1. The van der Waals surface area contributed by atoms with Crippen molar-refractivity contribution in [2.24, 2.45) is 5.73 Å². The highest BCUT2D eigenvalue weighted by atomic mass is 32.2. The minimum absolute atomic E-state index is 0.0627. The zero-order chi connectivity index (χ0) is 14.1. The van der Waals surface area contributed by atoms with E-state index in [1.807, 2.05) is 0 Å². The first-order chi connectivity index (χ1) is 9.11. The second kappa shape index (κ2) is 8.86. The Bertz CT molecular complexity index is 335. The van der Waals surface area contributed by atoms with Crippen molar-refractivity contribution in [1.82, 2.24) is 9.03 Å². The van der Waals surface area contributed by atoms with Gasteiger partial charge >= 0.3 is 0 Å². The Morgan fingerprint density at radius 2 is 2.16 bits per heavy atom. The molecule has 1 unspecified atom stereocenters. The Morgan fingerprint density at radius 1 is 1.37 bits per heavy atom. The smallest absolute Gasteiger partial charge is 0.279 e. The highest BCUT2D eigenvalue weighted by Gasteiger charge is 2.30. The van der Waals surface area contributed by atoms with Crippen LogP contribution in [0.25, 0.3) is 0 Å². The van der Waals surface area contributed by atoms with Crippen molar-refractivity contribution in [3.05, 3.63) is 0 Å². The van der Waals surface area contributed by atoms with E-state index in [-0.39, 0.29) is 6.04 Å². The van der Waals surface area contributed by atoms with E-state index >= 15 is 0 Å². The van der Waals surface area contributed by atoms with E-state index in [2.05, 4.69) is 11.6 Å². The molecule has 1 aliphatic heterocycles. The summed E-state index contributed by atoms with van der Waals surface area (Å²) in [4.78, 5) is 0. The molecule has 0 aromatic rings. The van der Waals surface area contributed by atoms with Gasteiger partial charge in [0.1, 0.15) is 0 Å². The van der Waals surface area contributed by atoms with Crippen LogP contribution in [0, 0.1) is 0 Å². The van der Waals surface area contributed by atoms with Crippen molar-refractivity contribution in [1.29, 1.82) is 0 Å². The van der Waals surface area contributed by atoms with Gasteiger partial charge in [0.05, 0.1) is 6.61 Å². The second-order valence-electron chi connectivity index (χ2n) is 4.86. The Hall–Kier alpha value is -0.210. The molecule has 3 N–H and O–H groups in total. The Balaban J connectivity index is 2.33. The third kappa shape index (κ3) is 5.74. The Morgan fingerprint density at radius 3 is 2.84 bits per heavy atom. The van der Waals surface area contributed by atoms with E-state index in [4.69, 9.17) is 10.5 Å². The molecule has 1 heterocycles. The van der Waals surface area contributed by atoms with Crippen LogP contribution in [0.2, 0.25) is 0 Å². The first-order valence-corrected chi connectivity index (χ1v) is 8.60. The second-order valence-corrected chi connectivity index (χ2v) is 6.57. The first-order valence-electron chi connectivity index (χ1n) is 7.16. The van der Waals surface area contributed by atoms with Crippen molar-refractivity contribution >= 4 is 10.2 Å². The van der Waals surface area contributed by atoms with Gasteiger partial charge in [0.25, 0.3) is 10.2 Å². The molecular formula is C12H27N3O3S. The molecule has 1 aliphatic rings. The van der Waals surface area contributed by atoms with Gasteiger partial charge in [-0.25, -0.2) is 0 Å². The molecule has 0 spiro atoms. The molecule has 1 saturated heterocycles. The Labute approximate surface area is 116 Å². The molecule has 1 atom stereocenters. The van der Waals surface area contributed by atoms with Crippen LogP contribution in [-0.2, 0) is 14.9 Å². The molecule has 0 saturated carbocycles. The lowest BCUT2D eigenvalue weighted by atomic mass is 10.1. The molecule has 1 rings (SSSR count). The molecule has 19 heavy (non-hydrogen) atoms. The lowest BCUT2D eigenvalue weighted by Crippen LogP contribution is -2.52. The minimum Gasteiger partial charge on any atom is -0.380 e. The van der Waals surface area contributed by atoms with E-state index in [0.29, 0.717) is 32.8 Å². The molecule has 0 bridgehead atoms. The average Bonchev–Trinajstić information content (AvgIpc) is 2.42.